The Kier molecular flexibility index (Phi) is 5.98. The van der Waals surface area contributed by atoms with Crippen LogP contribution in [0.1, 0.15) is 52.0 Å². The predicted molar refractivity (Wildman–Crippen MR) is 92.7 cm³/mol. The highest BCUT2D eigenvalue weighted by atomic mass is 19.1. The molecule has 0 aromatic carbocycles. The van der Waals surface area contributed by atoms with Crippen LogP contribution in [0.15, 0.2) is 12.3 Å². The number of aryl methyl sites for hydroxylation is 1. The summed E-state index contributed by atoms with van der Waals surface area (Å²) < 4.78 is 18.5. The Morgan fingerprint density at radius 1 is 1.32 bits per heavy atom. The number of anilines is 1. The minimum atomic E-state index is -0.554. The van der Waals surface area contributed by atoms with E-state index < -0.39 is 17.5 Å². The molecule has 0 radical (unpaired) electrons. The van der Waals surface area contributed by atoms with Gasteiger partial charge in [0.1, 0.15) is 17.2 Å². The van der Waals surface area contributed by atoms with Gasteiger partial charge in [0, 0.05) is 12.0 Å². The molecule has 2 amide bonds. The number of carbonyl (C=O) groups excluding carboxylic acids is 2. The summed E-state index contributed by atoms with van der Waals surface area (Å²) in [6.07, 6.45) is 3.59. The van der Waals surface area contributed by atoms with Crippen molar-refractivity contribution in [2.75, 3.05) is 5.32 Å². The summed E-state index contributed by atoms with van der Waals surface area (Å²) in [5, 5.41) is 5.57. The van der Waals surface area contributed by atoms with E-state index >= 15 is 0 Å². The molecule has 0 saturated heterocycles. The summed E-state index contributed by atoms with van der Waals surface area (Å²) in [4.78, 5) is 28.2. The van der Waals surface area contributed by atoms with Gasteiger partial charge in [0.15, 0.2) is 0 Å². The molecule has 1 aliphatic carbocycles. The van der Waals surface area contributed by atoms with Crippen LogP contribution in [-0.4, -0.2) is 28.6 Å². The molecule has 2 rings (SSSR count). The fraction of sp³-hybridized carbons (Fsp3) is 0.611. The first kappa shape index (κ1) is 19.1. The van der Waals surface area contributed by atoms with E-state index in [-0.39, 0.29) is 17.9 Å². The molecule has 1 heterocycles. The molecule has 0 aliphatic heterocycles. The second-order valence-electron chi connectivity index (χ2n) is 7.51. The van der Waals surface area contributed by atoms with E-state index in [2.05, 4.69) is 15.6 Å². The van der Waals surface area contributed by atoms with Crippen molar-refractivity contribution in [1.82, 2.24) is 10.3 Å². The molecule has 1 saturated carbocycles. The largest absolute Gasteiger partial charge is 0.444 e. The van der Waals surface area contributed by atoms with Gasteiger partial charge in [0.2, 0.25) is 5.91 Å². The highest BCUT2D eigenvalue weighted by molar-refractivity contribution is 5.91. The molecule has 2 atom stereocenters. The molecule has 0 bridgehead atoms. The van der Waals surface area contributed by atoms with Gasteiger partial charge in [-0.25, -0.2) is 14.2 Å². The van der Waals surface area contributed by atoms with Crippen LogP contribution in [0.25, 0.3) is 0 Å². The number of halogens is 1. The maximum absolute atomic E-state index is 13.3. The Bertz CT molecular complexity index is 643. The number of nitrogens with one attached hydrogen (secondary N) is 2. The van der Waals surface area contributed by atoms with Crippen LogP contribution in [0.3, 0.4) is 0 Å². The summed E-state index contributed by atoms with van der Waals surface area (Å²) in [5.41, 5.74) is -0.125. The normalized spacial score (nSPS) is 20.7. The number of rotatable bonds is 3. The van der Waals surface area contributed by atoms with E-state index in [1.54, 1.807) is 27.7 Å². The number of hydrogen-bond donors (Lipinski definition) is 2. The molecule has 1 fully saturated rings. The SMILES string of the molecule is Cc1cc(NC(=O)C2CCCC(NC(=O)OC(C)(C)C)C2)ncc1F. The van der Waals surface area contributed by atoms with Crippen molar-refractivity contribution in [2.24, 2.45) is 5.92 Å². The molecule has 1 aromatic heterocycles. The van der Waals surface area contributed by atoms with Gasteiger partial charge in [-0.15, -0.1) is 0 Å². The average Bonchev–Trinajstić information content (AvgIpc) is 2.49. The predicted octanol–water partition coefficient (Wildman–Crippen LogP) is 3.55. The van der Waals surface area contributed by atoms with E-state index in [0.29, 0.717) is 17.8 Å². The molecular weight excluding hydrogens is 325 g/mol. The summed E-state index contributed by atoms with van der Waals surface area (Å²) in [5.74, 6) is -0.446. The topological polar surface area (TPSA) is 80.3 Å². The van der Waals surface area contributed by atoms with Gasteiger partial charge < -0.3 is 15.4 Å². The zero-order valence-electron chi connectivity index (χ0n) is 15.2. The van der Waals surface area contributed by atoms with Crippen molar-refractivity contribution in [3.8, 4) is 0 Å². The number of alkyl carbamates (subject to hydrolysis) is 1. The van der Waals surface area contributed by atoms with Crippen molar-refractivity contribution in [1.29, 1.82) is 0 Å². The van der Waals surface area contributed by atoms with Crippen LogP contribution in [0.4, 0.5) is 15.0 Å². The number of hydrogen-bond acceptors (Lipinski definition) is 4. The number of aromatic nitrogens is 1. The van der Waals surface area contributed by atoms with Gasteiger partial charge in [-0.1, -0.05) is 6.42 Å². The Morgan fingerprint density at radius 2 is 2.04 bits per heavy atom. The number of amides is 2. The standard InChI is InChI=1S/C18H26FN3O3/c1-11-8-15(20-10-14(11)19)22-16(23)12-6-5-7-13(9-12)21-17(24)25-18(2,3)4/h8,10,12-13H,5-7,9H2,1-4H3,(H,21,24)(H,20,22,23). The molecule has 2 N–H and O–H groups in total. The van der Waals surface area contributed by atoms with Crippen LogP contribution in [0, 0.1) is 18.7 Å². The molecule has 2 unspecified atom stereocenters. The summed E-state index contributed by atoms with van der Waals surface area (Å²) >= 11 is 0. The molecule has 138 valence electrons. The zero-order valence-corrected chi connectivity index (χ0v) is 15.2. The summed E-state index contributed by atoms with van der Waals surface area (Å²) in [7, 11) is 0. The maximum atomic E-state index is 13.3. The second kappa shape index (κ2) is 7.80. The van der Waals surface area contributed by atoms with E-state index in [1.807, 2.05) is 0 Å². The van der Waals surface area contributed by atoms with Crippen LogP contribution in [0.5, 0.6) is 0 Å². The van der Waals surface area contributed by atoms with Crippen LogP contribution >= 0.6 is 0 Å². The van der Waals surface area contributed by atoms with Crippen LogP contribution < -0.4 is 10.6 Å². The number of pyridine rings is 1. The molecule has 25 heavy (non-hydrogen) atoms. The van der Waals surface area contributed by atoms with E-state index in [0.717, 1.165) is 25.5 Å². The number of ether oxygens (including phenoxy) is 1. The van der Waals surface area contributed by atoms with Gasteiger partial charge in [0.25, 0.3) is 0 Å². The monoisotopic (exact) mass is 351 g/mol. The Balaban J connectivity index is 1.90. The lowest BCUT2D eigenvalue weighted by Crippen LogP contribution is -2.43. The first-order chi connectivity index (χ1) is 11.6. The van der Waals surface area contributed by atoms with Gasteiger partial charge >= 0.3 is 6.09 Å². The maximum Gasteiger partial charge on any atom is 0.407 e. The van der Waals surface area contributed by atoms with Crippen molar-refractivity contribution < 1.29 is 18.7 Å². The van der Waals surface area contributed by atoms with Gasteiger partial charge in [-0.05, 0) is 58.6 Å². The minimum Gasteiger partial charge on any atom is -0.444 e. The van der Waals surface area contributed by atoms with E-state index in [1.165, 1.54) is 6.07 Å². The Hall–Kier alpha value is -2.18. The Labute approximate surface area is 147 Å². The minimum absolute atomic E-state index is 0.0951. The number of nitrogens with zero attached hydrogens (tertiary/aromatic N) is 1. The lowest BCUT2D eigenvalue weighted by molar-refractivity contribution is -0.121. The molecular formula is C18H26FN3O3. The fourth-order valence-corrected chi connectivity index (χ4v) is 2.87. The third-order valence-electron chi connectivity index (χ3n) is 4.06. The highest BCUT2D eigenvalue weighted by Crippen LogP contribution is 2.26. The lowest BCUT2D eigenvalue weighted by atomic mass is 9.85. The first-order valence-electron chi connectivity index (χ1n) is 8.56. The van der Waals surface area contributed by atoms with Gasteiger partial charge in [-0.2, -0.15) is 0 Å². The molecule has 0 spiro atoms. The third-order valence-corrected chi connectivity index (χ3v) is 4.06. The van der Waals surface area contributed by atoms with Crippen LogP contribution in [-0.2, 0) is 9.53 Å². The smallest absolute Gasteiger partial charge is 0.407 e. The molecule has 1 aromatic rings. The zero-order chi connectivity index (χ0) is 18.6. The van der Waals surface area contributed by atoms with Crippen molar-refractivity contribution in [3.63, 3.8) is 0 Å². The summed E-state index contributed by atoms with van der Waals surface area (Å²) in [6, 6.07) is 1.41. The lowest BCUT2D eigenvalue weighted by Gasteiger charge is -2.30. The highest BCUT2D eigenvalue weighted by Gasteiger charge is 2.29. The quantitative estimate of drug-likeness (QED) is 0.873. The first-order valence-corrected chi connectivity index (χ1v) is 8.56. The van der Waals surface area contributed by atoms with E-state index in [4.69, 9.17) is 4.74 Å². The molecule has 7 heteroatoms. The van der Waals surface area contributed by atoms with Gasteiger partial charge in [0.05, 0.1) is 6.20 Å². The molecule has 6 nitrogen and oxygen atoms in total. The number of carbonyl (C=O) groups is 2. The summed E-state index contributed by atoms with van der Waals surface area (Å²) in [6.45, 7) is 7.04. The Morgan fingerprint density at radius 3 is 2.68 bits per heavy atom. The van der Waals surface area contributed by atoms with Crippen molar-refractivity contribution in [2.45, 2.75) is 65.0 Å². The third kappa shape index (κ3) is 5.99. The fourth-order valence-electron chi connectivity index (χ4n) is 2.87. The van der Waals surface area contributed by atoms with Gasteiger partial charge in [-0.3, -0.25) is 4.79 Å². The molecule has 1 aliphatic rings. The van der Waals surface area contributed by atoms with Crippen LogP contribution in [0.2, 0.25) is 0 Å². The average molecular weight is 351 g/mol. The van der Waals surface area contributed by atoms with Crippen molar-refractivity contribution in [3.05, 3.63) is 23.6 Å². The van der Waals surface area contributed by atoms with E-state index in [9.17, 15) is 14.0 Å². The van der Waals surface area contributed by atoms with Crippen molar-refractivity contribution >= 4 is 17.8 Å². The second-order valence-corrected chi connectivity index (χ2v) is 7.51.